The highest BCUT2D eigenvalue weighted by molar-refractivity contribution is 6.19. The van der Waals surface area contributed by atoms with Crippen LogP contribution in [0, 0.1) is 11.3 Å². The van der Waals surface area contributed by atoms with Gasteiger partial charge in [-0.3, -0.25) is 4.79 Å². The summed E-state index contributed by atoms with van der Waals surface area (Å²) in [4.78, 5) is 23.9. The Labute approximate surface area is 146 Å². The normalized spacial score (nSPS) is 10.6. The first-order valence-corrected chi connectivity index (χ1v) is 7.68. The number of rotatable bonds is 7. The number of hydrogen-bond acceptors (Lipinski definition) is 5. The number of esters is 1. The summed E-state index contributed by atoms with van der Waals surface area (Å²) in [5.41, 5.74) is 0.956. The van der Waals surface area contributed by atoms with Crippen LogP contribution in [-0.4, -0.2) is 25.0 Å². The molecule has 126 valence electrons. The molecule has 0 aliphatic heterocycles. The van der Waals surface area contributed by atoms with Crippen LogP contribution >= 0.6 is 0 Å². The Morgan fingerprint density at radius 3 is 2.52 bits per heavy atom. The van der Waals surface area contributed by atoms with E-state index in [2.05, 4.69) is 0 Å². The standard InChI is InChI=1S/C20H17NO4/c1-15(22)19(13-16-6-5-7-17(12-16)14-21)20(23)25-11-10-24-18-8-3-2-4-9-18/h2-9,12-13H,10-11H2,1H3. The number of ketones is 1. The number of nitrogens with zero attached hydrogens (tertiary/aromatic N) is 1. The Hall–Kier alpha value is -3.39. The lowest BCUT2D eigenvalue weighted by atomic mass is 10.1. The number of para-hydroxylation sites is 1. The number of benzene rings is 2. The second-order valence-electron chi connectivity index (χ2n) is 5.15. The number of nitriles is 1. The summed E-state index contributed by atoms with van der Waals surface area (Å²) in [6, 6.07) is 17.8. The van der Waals surface area contributed by atoms with E-state index in [1.54, 1.807) is 36.4 Å². The number of carbonyl (C=O) groups is 2. The van der Waals surface area contributed by atoms with Crippen LogP contribution in [-0.2, 0) is 14.3 Å². The molecule has 0 unspecified atom stereocenters. The molecule has 5 heteroatoms. The monoisotopic (exact) mass is 335 g/mol. The molecular formula is C20H17NO4. The molecule has 0 amide bonds. The van der Waals surface area contributed by atoms with E-state index in [4.69, 9.17) is 14.7 Å². The molecule has 0 saturated heterocycles. The van der Waals surface area contributed by atoms with Crippen molar-refractivity contribution in [3.05, 3.63) is 71.3 Å². The third-order valence-electron chi connectivity index (χ3n) is 3.25. The van der Waals surface area contributed by atoms with Crippen LogP contribution in [0.3, 0.4) is 0 Å². The van der Waals surface area contributed by atoms with Gasteiger partial charge in [0.25, 0.3) is 0 Å². The molecule has 2 rings (SSSR count). The van der Waals surface area contributed by atoms with Crippen molar-refractivity contribution >= 4 is 17.8 Å². The minimum absolute atomic E-state index is 0.0244. The van der Waals surface area contributed by atoms with Crippen molar-refractivity contribution in [2.24, 2.45) is 0 Å². The molecular weight excluding hydrogens is 318 g/mol. The van der Waals surface area contributed by atoms with Gasteiger partial charge in [-0.05, 0) is 42.8 Å². The van der Waals surface area contributed by atoms with Gasteiger partial charge in [0.05, 0.1) is 11.6 Å². The van der Waals surface area contributed by atoms with Gasteiger partial charge in [-0.1, -0.05) is 30.3 Å². The van der Waals surface area contributed by atoms with Crippen LogP contribution in [0.5, 0.6) is 5.75 Å². The van der Waals surface area contributed by atoms with E-state index < -0.39 is 11.8 Å². The summed E-state index contributed by atoms with van der Waals surface area (Å²) in [5, 5.41) is 8.91. The highest BCUT2D eigenvalue weighted by Gasteiger charge is 2.16. The summed E-state index contributed by atoms with van der Waals surface area (Å²) in [5.74, 6) is -0.447. The van der Waals surface area contributed by atoms with Crippen LogP contribution in [0.1, 0.15) is 18.1 Å². The summed E-state index contributed by atoms with van der Waals surface area (Å²) in [6.07, 6.45) is 1.42. The quantitative estimate of drug-likeness (QED) is 0.255. The first kappa shape index (κ1) is 18.0. The fourth-order valence-corrected chi connectivity index (χ4v) is 2.06. The molecule has 0 radical (unpaired) electrons. The van der Waals surface area contributed by atoms with Crippen LogP contribution in [0.2, 0.25) is 0 Å². The molecule has 0 atom stereocenters. The van der Waals surface area contributed by atoms with Gasteiger partial charge >= 0.3 is 5.97 Å². The lowest BCUT2D eigenvalue weighted by molar-refractivity contribution is -0.140. The molecule has 2 aromatic carbocycles. The smallest absolute Gasteiger partial charge is 0.341 e. The molecule has 0 spiro atoms. The second kappa shape index (κ2) is 9.04. The van der Waals surface area contributed by atoms with Gasteiger partial charge in [-0.2, -0.15) is 5.26 Å². The van der Waals surface area contributed by atoms with Crippen molar-refractivity contribution in [1.82, 2.24) is 0 Å². The van der Waals surface area contributed by atoms with Gasteiger partial charge in [-0.25, -0.2) is 4.79 Å². The fraction of sp³-hybridized carbons (Fsp3) is 0.150. The van der Waals surface area contributed by atoms with E-state index in [-0.39, 0.29) is 18.8 Å². The molecule has 2 aromatic rings. The SMILES string of the molecule is CC(=O)C(=Cc1cccc(C#N)c1)C(=O)OCCOc1ccccc1. The molecule has 0 aromatic heterocycles. The van der Waals surface area contributed by atoms with Gasteiger partial charge in [0.15, 0.2) is 5.78 Å². The van der Waals surface area contributed by atoms with Crippen LogP contribution in [0.15, 0.2) is 60.2 Å². The van der Waals surface area contributed by atoms with Crippen molar-refractivity contribution in [2.75, 3.05) is 13.2 Å². The summed E-state index contributed by atoms with van der Waals surface area (Å²) in [6.45, 7) is 1.50. The molecule has 0 saturated carbocycles. The summed E-state index contributed by atoms with van der Waals surface area (Å²) in [7, 11) is 0. The number of ether oxygens (including phenoxy) is 2. The third-order valence-corrected chi connectivity index (χ3v) is 3.25. The van der Waals surface area contributed by atoms with Crippen molar-refractivity contribution in [3.63, 3.8) is 0 Å². The van der Waals surface area contributed by atoms with E-state index in [9.17, 15) is 9.59 Å². The Morgan fingerprint density at radius 1 is 1.08 bits per heavy atom. The number of Topliss-reactive ketones (excluding diaryl/α,β-unsaturated/α-hetero) is 1. The average molecular weight is 335 g/mol. The predicted molar refractivity (Wildman–Crippen MR) is 92.7 cm³/mol. The van der Waals surface area contributed by atoms with E-state index in [1.807, 2.05) is 24.3 Å². The maximum Gasteiger partial charge on any atom is 0.341 e. The average Bonchev–Trinajstić information content (AvgIpc) is 2.64. The highest BCUT2D eigenvalue weighted by atomic mass is 16.6. The molecule has 25 heavy (non-hydrogen) atoms. The van der Waals surface area contributed by atoms with E-state index in [1.165, 1.54) is 13.0 Å². The van der Waals surface area contributed by atoms with Gasteiger partial charge in [0.1, 0.15) is 24.5 Å². The predicted octanol–water partition coefficient (Wildman–Crippen LogP) is 3.15. The van der Waals surface area contributed by atoms with E-state index in [0.29, 0.717) is 16.9 Å². The second-order valence-corrected chi connectivity index (χ2v) is 5.15. The van der Waals surface area contributed by atoms with E-state index >= 15 is 0 Å². The van der Waals surface area contributed by atoms with Gasteiger partial charge < -0.3 is 9.47 Å². The molecule has 0 aliphatic carbocycles. The highest BCUT2D eigenvalue weighted by Crippen LogP contribution is 2.12. The fourth-order valence-electron chi connectivity index (χ4n) is 2.06. The van der Waals surface area contributed by atoms with Gasteiger partial charge in [0, 0.05) is 0 Å². The van der Waals surface area contributed by atoms with Crippen LogP contribution < -0.4 is 4.74 Å². The third kappa shape index (κ3) is 5.63. The Balaban J connectivity index is 1.97. The zero-order valence-corrected chi connectivity index (χ0v) is 13.8. The Kier molecular flexibility index (Phi) is 6.49. The maximum absolute atomic E-state index is 12.1. The Morgan fingerprint density at radius 2 is 1.84 bits per heavy atom. The lowest BCUT2D eigenvalue weighted by Crippen LogP contribution is -2.17. The lowest BCUT2D eigenvalue weighted by Gasteiger charge is -2.08. The topological polar surface area (TPSA) is 76.4 Å². The van der Waals surface area contributed by atoms with Crippen molar-refractivity contribution < 1.29 is 19.1 Å². The zero-order valence-electron chi connectivity index (χ0n) is 13.8. The summed E-state index contributed by atoms with van der Waals surface area (Å²) < 4.78 is 10.5. The number of carbonyl (C=O) groups excluding carboxylic acids is 2. The van der Waals surface area contributed by atoms with Crippen LogP contribution in [0.25, 0.3) is 6.08 Å². The molecule has 0 heterocycles. The molecule has 0 bridgehead atoms. The van der Waals surface area contributed by atoms with Crippen molar-refractivity contribution in [2.45, 2.75) is 6.92 Å². The molecule has 0 N–H and O–H groups in total. The molecule has 5 nitrogen and oxygen atoms in total. The van der Waals surface area contributed by atoms with E-state index in [0.717, 1.165) is 0 Å². The largest absolute Gasteiger partial charge is 0.490 e. The molecule has 0 fully saturated rings. The first-order valence-electron chi connectivity index (χ1n) is 7.68. The minimum Gasteiger partial charge on any atom is -0.490 e. The Bertz CT molecular complexity index is 819. The minimum atomic E-state index is -0.716. The van der Waals surface area contributed by atoms with Gasteiger partial charge in [0.2, 0.25) is 0 Å². The maximum atomic E-state index is 12.1. The number of hydrogen-bond donors (Lipinski definition) is 0. The summed E-state index contributed by atoms with van der Waals surface area (Å²) >= 11 is 0. The van der Waals surface area contributed by atoms with Gasteiger partial charge in [-0.15, -0.1) is 0 Å². The van der Waals surface area contributed by atoms with Crippen molar-refractivity contribution in [1.29, 1.82) is 5.26 Å². The van der Waals surface area contributed by atoms with Crippen molar-refractivity contribution in [3.8, 4) is 11.8 Å². The van der Waals surface area contributed by atoms with Crippen LogP contribution in [0.4, 0.5) is 0 Å². The zero-order chi connectivity index (χ0) is 18.1. The molecule has 0 aliphatic rings. The first-order chi connectivity index (χ1) is 12.1.